The molecule has 3 heteroatoms. The molecule has 0 bridgehead atoms. The fraction of sp³-hybridized carbons (Fsp3) is 0.548. The van der Waals surface area contributed by atoms with Crippen molar-refractivity contribution in [1.29, 1.82) is 0 Å². The number of nitrogens with zero attached hydrogens (tertiary/aromatic N) is 3. The molecule has 2 aromatic rings. The van der Waals surface area contributed by atoms with Gasteiger partial charge in [0, 0.05) is 35.3 Å². The number of aliphatic imine (C=N–C) groups is 2. The normalized spacial score (nSPS) is 13.7. The first-order valence-electron chi connectivity index (χ1n) is 12.5. The molecule has 34 heavy (non-hydrogen) atoms. The van der Waals surface area contributed by atoms with E-state index in [1.807, 2.05) is 0 Å². The zero-order valence-electron chi connectivity index (χ0n) is 24.1. The monoisotopic (exact) mass is 461 g/mol. The second kappa shape index (κ2) is 10.6. The predicted molar refractivity (Wildman–Crippen MR) is 152 cm³/mol. The van der Waals surface area contributed by atoms with Gasteiger partial charge in [0.25, 0.3) is 0 Å². The summed E-state index contributed by atoms with van der Waals surface area (Å²) in [5.41, 5.74) is 12.1. The van der Waals surface area contributed by atoms with E-state index in [1.165, 1.54) is 44.8 Å². The van der Waals surface area contributed by atoms with Gasteiger partial charge in [0.05, 0.1) is 11.4 Å². The minimum atomic E-state index is -0.0266. The van der Waals surface area contributed by atoms with Gasteiger partial charge in [-0.3, -0.25) is 14.9 Å². The minimum absolute atomic E-state index is 0.0266. The maximum Gasteiger partial charge on any atom is 0.0688 e. The van der Waals surface area contributed by atoms with Crippen molar-refractivity contribution in [3.8, 4) is 0 Å². The van der Waals surface area contributed by atoms with Gasteiger partial charge in [-0.15, -0.1) is 0 Å². The van der Waals surface area contributed by atoms with Gasteiger partial charge >= 0.3 is 0 Å². The molecule has 3 nitrogen and oxygen atoms in total. The molecular weight excluding hydrogens is 414 g/mol. The lowest BCUT2D eigenvalue weighted by Gasteiger charge is -2.30. The highest BCUT2D eigenvalue weighted by atomic mass is 15.1. The summed E-state index contributed by atoms with van der Waals surface area (Å²) in [6.07, 6.45) is 0. The molecule has 0 saturated carbocycles. The fourth-order valence-electron chi connectivity index (χ4n) is 4.42. The van der Waals surface area contributed by atoms with Gasteiger partial charge in [-0.1, -0.05) is 76.9 Å². The Morgan fingerprint density at radius 2 is 0.853 bits per heavy atom. The van der Waals surface area contributed by atoms with Crippen LogP contribution in [0, 0.1) is 52.4 Å². The maximum absolute atomic E-state index is 5.24. The molecule has 0 amide bonds. The number of benzene rings is 2. The van der Waals surface area contributed by atoms with E-state index in [2.05, 4.69) is 119 Å². The van der Waals surface area contributed by atoms with Gasteiger partial charge in [-0.25, -0.2) is 0 Å². The first-order valence-corrected chi connectivity index (χ1v) is 12.5. The van der Waals surface area contributed by atoms with Crippen LogP contribution in [0.4, 0.5) is 11.4 Å². The van der Waals surface area contributed by atoms with Gasteiger partial charge < -0.3 is 0 Å². The van der Waals surface area contributed by atoms with E-state index in [-0.39, 0.29) is 10.8 Å². The molecule has 0 spiro atoms. The fourth-order valence-corrected chi connectivity index (χ4v) is 4.42. The average Bonchev–Trinajstić information content (AvgIpc) is 2.63. The molecular formula is C31H47N3. The van der Waals surface area contributed by atoms with Gasteiger partial charge in [-0.05, 0) is 70.8 Å². The lowest BCUT2D eigenvalue weighted by Crippen LogP contribution is -2.39. The van der Waals surface area contributed by atoms with E-state index < -0.39 is 0 Å². The molecule has 2 aromatic carbocycles. The summed E-state index contributed by atoms with van der Waals surface area (Å²) in [6, 6.07) is 8.91. The highest BCUT2D eigenvalue weighted by Crippen LogP contribution is 2.30. The van der Waals surface area contributed by atoms with E-state index >= 15 is 0 Å². The lowest BCUT2D eigenvalue weighted by atomic mass is 9.87. The topological polar surface area (TPSA) is 28.0 Å². The SMILES string of the molecule is Cc1cc(C)c(N=C(CN(C)CC(=Nc2c(C)cc(C)cc2C)C(C)(C)C)C(C)(C)C)c(C)c1. The summed E-state index contributed by atoms with van der Waals surface area (Å²) in [4.78, 5) is 12.8. The molecule has 0 saturated heterocycles. The Bertz CT molecular complexity index is 955. The molecule has 0 aliphatic carbocycles. The Balaban J connectivity index is 2.43. The van der Waals surface area contributed by atoms with E-state index in [0.717, 1.165) is 24.5 Å². The summed E-state index contributed by atoms with van der Waals surface area (Å²) in [5, 5.41) is 0. The van der Waals surface area contributed by atoms with Crippen LogP contribution >= 0.6 is 0 Å². The first-order chi connectivity index (χ1) is 15.5. The van der Waals surface area contributed by atoms with Crippen molar-refractivity contribution in [3.63, 3.8) is 0 Å². The van der Waals surface area contributed by atoms with Crippen molar-refractivity contribution < 1.29 is 0 Å². The first kappa shape index (κ1) is 28.0. The van der Waals surface area contributed by atoms with Crippen LogP contribution in [0.15, 0.2) is 34.3 Å². The Morgan fingerprint density at radius 3 is 1.09 bits per heavy atom. The number of rotatable bonds is 6. The third-order valence-corrected chi connectivity index (χ3v) is 6.34. The van der Waals surface area contributed by atoms with E-state index in [9.17, 15) is 0 Å². The summed E-state index contributed by atoms with van der Waals surface area (Å²) in [5.74, 6) is 0. The van der Waals surface area contributed by atoms with Gasteiger partial charge in [0.15, 0.2) is 0 Å². The van der Waals surface area contributed by atoms with Gasteiger partial charge in [-0.2, -0.15) is 0 Å². The molecule has 0 heterocycles. The zero-order chi connectivity index (χ0) is 26.0. The molecule has 186 valence electrons. The summed E-state index contributed by atoms with van der Waals surface area (Å²) < 4.78 is 0. The van der Waals surface area contributed by atoms with Crippen LogP contribution in [0.3, 0.4) is 0 Å². The van der Waals surface area contributed by atoms with E-state index in [4.69, 9.17) is 9.98 Å². The molecule has 0 N–H and O–H groups in total. The van der Waals surface area contributed by atoms with Crippen molar-refractivity contribution in [2.75, 3.05) is 20.1 Å². The Hall–Kier alpha value is -2.26. The van der Waals surface area contributed by atoms with E-state index in [0.29, 0.717) is 0 Å². The van der Waals surface area contributed by atoms with Crippen LogP contribution in [0.1, 0.15) is 74.9 Å². The standard InChI is InChI=1S/C31H47N3/c1-20-14-22(3)28(23(4)15-20)32-26(30(7,8)9)18-34(13)19-27(31(10,11)12)33-29-24(5)16-21(2)17-25(29)6/h14-17H,18-19H2,1-13H3. The third kappa shape index (κ3) is 7.37. The molecule has 0 aliphatic heterocycles. The van der Waals surface area contributed by atoms with Crippen LogP contribution in [0.2, 0.25) is 0 Å². The van der Waals surface area contributed by atoms with Gasteiger partial charge in [0.1, 0.15) is 0 Å². The Labute approximate surface area is 209 Å². The molecule has 0 atom stereocenters. The largest absolute Gasteiger partial charge is 0.295 e. The molecule has 0 unspecified atom stereocenters. The van der Waals surface area contributed by atoms with Crippen molar-refractivity contribution in [2.24, 2.45) is 20.8 Å². The van der Waals surface area contributed by atoms with Crippen LogP contribution in [-0.2, 0) is 0 Å². The second-order valence-electron chi connectivity index (χ2n) is 12.3. The second-order valence-corrected chi connectivity index (χ2v) is 12.3. The number of hydrogen-bond acceptors (Lipinski definition) is 3. The van der Waals surface area contributed by atoms with Crippen LogP contribution in [0.25, 0.3) is 0 Å². The highest BCUT2D eigenvalue weighted by Gasteiger charge is 2.25. The van der Waals surface area contributed by atoms with Gasteiger partial charge in [0.2, 0.25) is 0 Å². The summed E-state index contributed by atoms with van der Waals surface area (Å²) in [6.45, 7) is 28.1. The van der Waals surface area contributed by atoms with Crippen molar-refractivity contribution in [3.05, 3.63) is 57.6 Å². The third-order valence-electron chi connectivity index (χ3n) is 6.34. The smallest absolute Gasteiger partial charge is 0.0688 e. The number of aryl methyl sites for hydroxylation is 6. The summed E-state index contributed by atoms with van der Waals surface area (Å²) in [7, 11) is 2.19. The summed E-state index contributed by atoms with van der Waals surface area (Å²) >= 11 is 0. The van der Waals surface area contributed by atoms with Crippen LogP contribution in [0.5, 0.6) is 0 Å². The minimum Gasteiger partial charge on any atom is -0.295 e. The molecule has 0 aromatic heterocycles. The molecule has 2 rings (SSSR count). The van der Waals surface area contributed by atoms with E-state index in [1.54, 1.807) is 0 Å². The quantitative estimate of drug-likeness (QED) is 0.397. The van der Waals surface area contributed by atoms with Crippen LogP contribution in [-0.4, -0.2) is 36.5 Å². The number of hydrogen-bond donors (Lipinski definition) is 0. The van der Waals surface area contributed by atoms with Crippen molar-refractivity contribution in [1.82, 2.24) is 4.90 Å². The highest BCUT2D eigenvalue weighted by molar-refractivity contribution is 5.96. The lowest BCUT2D eigenvalue weighted by molar-refractivity contribution is 0.402. The predicted octanol–water partition coefficient (Wildman–Crippen LogP) is 8.41. The maximum atomic E-state index is 5.24. The van der Waals surface area contributed by atoms with Crippen LogP contribution < -0.4 is 0 Å². The Morgan fingerprint density at radius 1 is 0.588 bits per heavy atom. The molecule has 0 aliphatic rings. The zero-order valence-corrected chi connectivity index (χ0v) is 24.1. The molecule has 0 radical (unpaired) electrons. The van der Waals surface area contributed by atoms with Crippen molar-refractivity contribution in [2.45, 2.75) is 83.1 Å². The molecule has 0 fully saturated rings. The average molecular weight is 462 g/mol. The van der Waals surface area contributed by atoms with Crippen molar-refractivity contribution >= 4 is 22.8 Å². The Kier molecular flexibility index (Phi) is 8.69.